The molecule has 3 rings (SSSR count). The molecule has 2 aromatic rings. The lowest BCUT2D eigenvalue weighted by molar-refractivity contribution is 0.0730. The van der Waals surface area contributed by atoms with Crippen molar-refractivity contribution in [1.29, 1.82) is 0 Å². The first-order valence-corrected chi connectivity index (χ1v) is 10.5. The van der Waals surface area contributed by atoms with E-state index in [0.717, 1.165) is 0 Å². The van der Waals surface area contributed by atoms with E-state index in [1.165, 1.54) is 28.6 Å². The van der Waals surface area contributed by atoms with Gasteiger partial charge in [-0.15, -0.1) is 0 Å². The van der Waals surface area contributed by atoms with Crippen LogP contribution >= 0.6 is 11.6 Å². The van der Waals surface area contributed by atoms with Gasteiger partial charge in [0, 0.05) is 19.6 Å². The normalized spacial score (nSPS) is 15.4. The Morgan fingerprint density at radius 1 is 1.21 bits per heavy atom. The Morgan fingerprint density at radius 3 is 2.61 bits per heavy atom. The Morgan fingerprint density at radius 2 is 1.93 bits per heavy atom. The van der Waals surface area contributed by atoms with E-state index in [4.69, 9.17) is 16.3 Å². The van der Waals surface area contributed by atoms with E-state index in [-0.39, 0.29) is 40.9 Å². The van der Waals surface area contributed by atoms with Crippen LogP contribution < -0.4 is 5.32 Å². The van der Waals surface area contributed by atoms with Crippen LogP contribution in [0.25, 0.3) is 0 Å². The van der Waals surface area contributed by atoms with Gasteiger partial charge in [-0.3, -0.25) is 4.79 Å². The fourth-order valence-electron chi connectivity index (χ4n) is 2.80. The minimum absolute atomic E-state index is 0.00895. The summed E-state index contributed by atoms with van der Waals surface area (Å²) in [4.78, 5) is 12.5. The average molecular weight is 427 g/mol. The summed E-state index contributed by atoms with van der Waals surface area (Å²) >= 11 is 6.11. The Hall–Kier alpha value is -2.00. The van der Waals surface area contributed by atoms with Gasteiger partial charge in [-0.05, 0) is 42.3 Å². The lowest BCUT2D eigenvalue weighted by Crippen LogP contribution is -2.40. The van der Waals surface area contributed by atoms with Gasteiger partial charge in [-0.1, -0.05) is 23.7 Å². The number of benzene rings is 2. The molecule has 150 valence electrons. The van der Waals surface area contributed by atoms with Gasteiger partial charge in [-0.2, -0.15) is 4.31 Å². The summed E-state index contributed by atoms with van der Waals surface area (Å²) in [5.41, 5.74) is 1.15. The third-order valence-electron chi connectivity index (χ3n) is 4.48. The highest BCUT2D eigenvalue weighted by molar-refractivity contribution is 7.89. The number of sulfonamides is 1. The zero-order chi connectivity index (χ0) is 20.3. The van der Waals surface area contributed by atoms with Gasteiger partial charge in [0.15, 0.2) is 0 Å². The first-order valence-electron chi connectivity index (χ1n) is 8.70. The number of hydrogen-bond donors (Lipinski definition) is 1. The van der Waals surface area contributed by atoms with E-state index in [2.05, 4.69) is 5.32 Å². The van der Waals surface area contributed by atoms with Gasteiger partial charge in [0.1, 0.15) is 5.82 Å². The van der Waals surface area contributed by atoms with Crippen molar-refractivity contribution in [3.05, 3.63) is 63.9 Å². The molecular weight excluding hydrogens is 407 g/mol. The zero-order valence-corrected chi connectivity index (χ0v) is 16.8. The molecule has 0 spiro atoms. The van der Waals surface area contributed by atoms with Crippen molar-refractivity contribution < 1.29 is 22.3 Å². The van der Waals surface area contributed by atoms with Gasteiger partial charge in [0.25, 0.3) is 5.91 Å². The van der Waals surface area contributed by atoms with Crippen LogP contribution in [0.2, 0.25) is 5.02 Å². The quantitative estimate of drug-likeness (QED) is 0.797. The second kappa shape index (κ2) is 8.57. The molecule has 1 aliphatic rings. The number of halogens is 2. The second-order valence-corrected chi connectivity index (χ2v) is 8.77. The molecule has 9 heteroatoms. The average Bonchev–Trinajstić information content (AvgIpc) is 2.69. The number of hydrogen-bond acceptors (Lipinski definition) is 4. The molecular formula is C19H20ClFN2O4S. The van der Waals surface area contributed by atoms with Gasteiger partial charge < -0.3 is 10.1 Å². The highest BCUT2D eigenvalue weighted by atomic mass is 35.5. The van der Waals surface area contributed by atoms with E-state index >= 15 is 0 Å². The van der Waals surface area contributed by atoms with E-state index < -0.39 is 15.9 Å². The van der Waals surface area contributed by atoms with Crippen LogP contribution in [0.5, 0.6) is 0 Å². The Balaban J connectivity index is 1.78. The summed E-state index contributed by atoms with van der Waals surface area (Å²) in [6.07, 6.45) is 0. The molecule has 0 unspecified atom stereocenters. The lowest BCUT2D eigenvalue weighted by atomic mass is 10.1. The smallest absolute Gasteiger partial charge is 0.253 e. The molecule has 1 amide bonds. The van der Waals surface area contributed by atoms with Crippen LogP contribution in [0.1, 0.15) is 21.5 Å². The highest BCUT2D eigenvalue weighted by Gasteiger charge is 2.27. The van der Waals surface area contributed by atoms with E-state index in [1.54, 1.807) is 19.1 Å². The van der Waals surface area contributed by atoms with Crippen molar-refractivity contribution in [2.24, 2.45) is 0 Å². The molecule has 2 aromatic carbocycles. The number of rotatable bonds is 5. The number of nitrogens with one attached hydrogen (secondary N) is 1. The van der Waals surface area contributed by atoms with Crippen molar-refractivity contribution in [1.82, 2.24) is 9.62 Å². The van der Waals surface area contributed by atoms with Crippen molar-refractivity contribution in [2.75, 3.05) is 26.3 Å². The van der Waals surface area contributed by atoms with Crippen LogP contribution in [0.4, 0.5) is 4.39 Å². The number of morpholine rings is 1. The van der Waals surface area contributed by atoms with Crippen molar-refractivity contribution in [2.45, 2.75) is 18.4 Å². The number of nitrogens with zero attached hydrogens (tertiary/aromatic N) is 1. The third kappa shape index (κ3) is 4.52. The number of carbonyl (C=O) groups is 1. The summed E-state index contributed by atoms with van der Waals surface area (Å²) in [7, 11) is -3.75. The zero-order valence-electron chi connectivity index (χ0n) is 15.2. The molecule has 0 aromatic heterocycles. The second-order valence-electron chi connectivity index (χ2n) is 6.42. The molecule has 1 aliphatic heterocycles. The predicted molar refractivity (Wildman–Crippen MR) is 103 cm³/mol. The molecule has 1 heterocycles. The van der Waals surface area contributed by atoms with Crippen molar-refractivity contribution >= 4 is 27.5 Å². The third-order valence-corrected chi connectivity index (χ3v) is 6.70. The van der Waals surface area contributed by atoms with Gasteiger partial charge >= 0.3 is 0 Å². The highest BCUT2D eigenvalue weighted by Crippen LogP contribution is 2.24. The molecule has 28 heavy (non-hydrogen) atoms. The maximum atomic E-state index is 13.6. The molecule has 1 N–H and O–H groups in total. The molecule has 1 saturated heterocycles. The SMILES string of the molecule is Cc1ccc(CNC(=O)c2cc(S(=O)(=O)N3CCOCC3)ccc2Cl)cc1F. The van der Waals surface area contributed by atoms with Crippen LogP contribution in [0.15, 0.2) is 41.3 Å². The van der Waals surface area contributed by atoms with E-state index in [0.29, 0.717) is 24.3 Å². The standard InChI is InChI=1S/C19H20ClFN2O4S/c1-13-2-3-14(10-18(13)21)12-22-19(24)16-11-15(4-5-17(16)20)28(25,26)23-6-8-27-9-7-23/h2-5,10-11H,6-9,12H2,1H3,(H,22,24). The minimum Gasteiger partial charge on any atom is -0.379 e. The molecule has 0 atom stereocenters. The van der Waals surface area contributed by atoms with Crippen LogP contribution in [0, 0.1) is 12.7 Å². The summed E-state index contributed by atoms with van der Waals surface area (Å²) in [5.74, 6) is -0.895. The minimum atomic E-state index is -3.75. The van der Waals surface area contributed by atoms with Crippen molar-refractivity contribution in [3.8, 4) is 0 Å². The van der Waals surface area contributed by atoms with Gasteiger partial charge in [0.2, 0.25) is 10.0 Å². The number of ether oxygens (including phenoxy) is 1. The summed E-state index contributed by atoms with van der Waals surface area (Å²) in [5, 5.41) is 2.78. The van der Waals surface area contributed by atoms with Crippen LogP contribution in [-0.2, 0) is 21.3 Å². The number of aryl methyl sites for hydroxylation is 1. The van der Waals surface area contributed by atoms with Gasteiger partial charge in [-0.25, -0.2) is 12.8 Å². The molecule has 0 bridgehead atoms. The van der Waals surface area contributed by atoms with E-state index in [1.807, 2.05) is 0 Å². The fourth-order valence-corrected chi connectivity index (χ4v) is 4.44. The number of carbonyl (C=O) groups excluding carboxylic acids is 1. The lowest BCUT2D eigenvalue weighted by Gasteiger charge is -2.26. The Bertz CT molecular complexity index is 991. The Kier molecular flexibility index (Phi) is 6.34. The number of amides is 1. The first kappa shape index (κ1) is 20.7. The molecule has 0 aliphatic carbocycles. The maximum Gasteiger partial charge on any atom is 0.253 e. The monoisotopic (exact) mass is 426 g/mol. The fraction of sp³-hybridized carbons (Fsp3) is 0.316. The summed E-state index contributed by atoms with van der Waals surface area (Å²) in [6.45, 7) is 2.90. The summed E-state index contributed by atoms with van der Waals surface area (Å²) < 4.78 is 45.7. The Labute approximate surface area is 168 Å². The maximum absolute atomic E-state index is 13.6. The van der Waals surface area contributed by atoms with Gasteiger partial charge in [0.05, 0.1) is 28.7 Å². The predicted octanol–water partition coefficient (Wildman–Crippen LogP) is 2.74. The molecule has 1 fully saturated rings. The topological polar surface area (TPSA) is 75.7 Å². The van der Waals surface area contributed by atoms with E-state index in [9.17, 15) is 17.6 Å². The largest absolute Gasteiger partial charge is 0.379 e. The first-order chi connectivity index (χ1) is 13.3. The molecule has 6 nitrogen and oxygen atoms in total. The summed E-state index contributed by atoms with van der Waals surface area (Å²) in [6, 6.07) is 8.70. The van der Waals surface area contributed by atoms with Crippen LogP contribution in [0.3, 0.4) is 0 Å². The van der Waals surface area contributed by atoms with Crippen molar-refractivity contribution in [3.63, 3.8) is 0 Å². The molecule has 0 saturated carbocycles. The molecule has 0 radical (unpaired) electrons. The van der Waals surface area contributed by atoms with Crippen LogP contribution in [-0.4, -0.2) is 44.9 Å².